The Hall–Kier alpha value is -1.28. The number of fused-ring (bicyclic) bond motifs is 2. The highest BCUT2D eigenvalue weighted by molar-refractivity contribution is 14.1. The molecular weight excluding hydrogens is 447 g/mol. The van der Waals surface area contributed by atoms with Gasteiger partial charge in [0.05, 0.1) is 11.0 Å². The van der Waals surface area contributed by atoms with Crippen molar-refractivity contribution in [1.82, 2.24) is 9.97 Å². The summed E-state index contributed by atoms with van der Waals surface area (Å²) in [7, 11) is 0. The van der Waals surface area contributed by atoms with Gasteiger partial charge in [-0.3, -0.25) is 0 Å². The minimum Gasteiger partial charge on any atom is -0.486 e. The molecule has 0 saturated carbocycles. The number of aromatic amines is 1. The van der Waals surface area contributed by atoms with Gasteiger partial charge in [-0.05, 0) is 40.8 Å². The van der Waals surface area contributed by atoms with Gasteiger partial charge in [0.15, 0.2) is 11.5 Å². The van der Waals surface area contributed by atoms with Crippen LogP contribution in [0.15, 0.2) is 34.8 Å². The van der Waals surface area contributed by atoms with E-state index in [2.05, 4.69) is 60.6 Å². The Labute approximate surface area is 143 Å². The number of halogens is 2. The van der Waals surface area contributed by atoms with Crippen LogP contribution >= 0.6 is 38.5 Å². The first-order chi connectivity index (χ1) is 10.2. The number of rotatable bonds is 1. The van der Waals surface area contributed by atoms with E-state index in [1.807, 2.05) is 18.2 Å². The van der Waals surface area contributed by atoms with E-state index in [1.54, 1.807) is 0 Å². The maximum absolute atomic E-state index is 5.61. The summed E-state index contributed by atoms with van der Waals surface area (Å²) in [6.45, 7) is 1.17. The molecule has 0 aliphatic carbocycles. The second-order valence-corrected chi connectivity index (χ2v) is 6.82. The van der Waals surface area contributed by atoms with Gasteiger partial charge in [-0.1, -0.05) is 15.9 Å². The van der Waals surface area contributed by atoms with Gasteiger partial charge in [0.1, 0.15) is 19.0 Å². The Balaban J connectivity index is 1.88. The fraction of sp³-hybridized carbons (Fsp3) is 0.133. The van der Waals surface area contributed by atoms with Crippen molar-refractivity contribution in [1.29, 1.82) is 0 Å². The van der Waals surface area contributed by atoms with Crippen molar-refractivity contribution in [2.75, 3.05) is 13.2 Å². The van der Waals surface area contributed by atoms with Crippen LogP contribution in [0.1, 0.15) is 0 Å². The molecule has 0 bridgehead atoms. The summed E-state index contributed by atoms with van der Waals surface area (Å²) >= 11 is 5.87. The molecule has 1 aromatic heterocycles. The summed E-state index contributed by atoms with van der Waals surface area (Å²) in [5, 5.41) is 0. The third kappa shape index (κ3) is 2.40. The minimum atomic E-state index is 0.582. The summed E-state index contributed by atoms with van der Waals surface area (Å²) < 4.78 is 13.4. The molecule has 0 fully saturated rings. The zero-order valence-electron chi connectivity index (χ0n) is 10.8. The fourth-order valence-corrected chi connectivity index (χ4v) is 3.28. The highest BCUT2D eigenvalue weighted by Crippen LogP contribution is 2.36. The van der Waals surface area contributed by atoms with Crippen LogP contribution in [-0.2, 0) is 0 Å². The molecule has 2 heterocycles. The maximum Gasteiger partial charge on any atom is 0.163 e. The largest absolute Gasteiger partial charge is 0.486 e. The Morgan fingerprint density at radius 2 is 1.86 bits per heavy atom. The molecule has 106 valence electrons. The van der Waals surface area contributed by atoms with E-state index in [0.29, 0.717) is 13.2 Å². The zero-order valence-corrected chi connectivity index (χ0v) is 14.6. The van der Waals surface area contributed by atoms with Gasteiger partial charge in [-0.15, -0.1) is 0 Å². The number of ether oxygens (including phenoxy) is 2. The maximum atomic E-state index is 5.61. The second-order valence-electron chi connectivity index (χ2n) is 4.72. The normalized spacial score (nSPS) is 13.6. The first-order valence-electron chi connectivity index (χ1n) is 6.45. The van der Waals surface area contributed by atoms with Crippen LogP contribution in [0.5, 0.6) is 11.5 Å². The Morgan fingerprint density at radius 1 is 1.10 bits per heavy atom. The predicted octanol–water partition coefficient (Wildman–Crippen LogP) is 4.37. The Kier molecular flexibility index (Phi) is 3.30. The van der Waals surface area contributed by atoms with Crippen LogP contribution in [-0.4, -0.2) is 23.2 Å². The molecule has 21 heavy (non-hydrogen) atoms. The predicted molar refractivity (Wildman–Crippen MR) is 92.9 cm³/mol. The molecule has 0 unspecified atom stereocenters. The first kappa shape index (κ1) is 13.4. The lowest BCUT2D eigenvalue weighted by atomic mass is 10.2. The molecule has 4 nitrogen and oxygen atoms in total. The second kappa shape index (κ2) is 5.17. The first-order valence-corrected chi connectivity index (χ1v) is 8.33. The molecule has 6 heteroatoms. The number of hydrogen-bond donors (Lipinski definition) is 1. The standard InChI is InChI=1S/C15H10BrIN2O2/c16-10-2-1-8(17)5-9(10)15-18-11-6-13-14(7-12(11)19-15)21-4-3-20-13/h1-2,5-7H,3-4H2,(H,18,19). The third-order valence-electron chi connectivity index (χ3n) is 3.33. The van der Waals surface area contributed by atoms with Crippen LogP contribution in [0.25, 0.3) is 22.4 Å². The van der Waals surface area contributed by atoms with Crippen LogP contribution in [0.2, 0.25) is 0 Å². The smallest absolute Gasteiger partial charge is 0.163 e. The summed E-state index contributed by atoms with van der Waals surface area (Å²) in [4.78, 5) is 8.02. The lowest BCUT2D eigenvalue weighted by Crippen LogP contribution is -2.15. The van der Waals surface area contributed by atoms with Crippen molar-refractivity contribution in [3.63, 3.8) is 0 Å². The lowest BCUT2D eigenvalue weighted by molar-refractivity contribution is 0.172. The number of hydrogen-bond acceptors (Lipinski definition) is 3. The monoisotopic (exact) mass is 456 g/mol. The lowest BCUT2D eigenvalue weighted by Gasteiger charge is -2.17. The molecular formula is C15H10BrIN2O2. The van der Waals surface area contributed by atoms with Crippen molar-refractivity contribution in [2.24, 2.45) is 0 Å². The van der Waals surface area contributed by atoms with E-state index >= 15 is 0 Å². The zero-order chi connectivity index (χ0) is 14.4. The van der Waals surface area contributed by atoms with Crippen molar-refractivity contribution in [3.8, 4) is 22.9 Å². The average molecular weight is 457 g/mol. The summed E-state index contributed by atoms with van der Waals surface area (Å²) in [5.41, 5.74) is 2.86. The van der Waals surface area contributed by atoms with E-state index in [4.69, 9.17) is 9.47 Å². The number of benzene rings is 2. The number of imidazole rings is 1. The van der Waals surface area contributed by atoms with Gasteiger partial charge >= 0.3 is 0 Å². The van der Waals surface area contributed by atoms with Crippen LogP contribution in [0.4, 0.5) is 0 Å². The van der Waals surface area contributed by atoms with Gasteiger partial charge in [0.25, 0.3) is 0 Å². The van der Waals surface area contributed by atoms with Gasteiger partial charge in [-0.2, -0.15) is 0 Å². The summed E-state index contributed by atoms with van der Waals surface area (Å²) in [6, 6.07) is 10.0. The fourth-order valence-electron chi connectivity index (χ4n) is 2.35. The summed E-state index contributed by atoms with van der Waals surface area (Å²) in [5.74, 6) is 2.36. The molecule has 4 rings (SSSR count). The van der Waals surface area contributed by atoms with Crippen molar-refractivity contribution in [2.45, 2.75) is 0 Å². The van der Waals surface area contributed by atoms with E-state index < -0.39 is 0 Å². The highest BCUT2D eigenvalue weighted by atomic mass is 127. The number of aromatic nitrogens is 2. The topological polar surface area (TPSA) is 47.1 Å². The van der Waals surface area contributed by atoms with Crippen LogP contribution < -0.4 is 9.47 Å². The molecule has 2 aromatic carbocycles. The number of nitrogens with zero attached hydrogens (tertiary/aromatic N) is 1. The minimum absolute atomic E-state index is 0.582. The molecule has 1 aliphatic rings. The summed E-state index contributed by atoms with van der Waals surface area (Å²) in [6.07, 6.45) is 0. The number of H-pyrrole nitrogens is 1. The van der Waals surface area contributed by atoms with Crippen molar-refractivity contribution >= 4 is 49.6 Å². The van der Waals surface area contributed by atoms with E-state index in [0.717, 1.165) is 42.0 Å². The quantitative estimate of drug-likeness (QED) is 0.553. The van der Waals surface area contributed by atoms with E-state index in [1.165, 1.54) is 0 Å². The third-order valence-corrected chi connectivity index (χ3v) is 4.69. The molecule has 0 radical (unpaired) electrons. The molecule has 1 aliphatic heterocycles. The van der Waals surface area contributed by atoms with Crippen LogP contribution in [0, 0.1) is 3.57 Å². The van der Waals surface area contributed by atoms with Crippen molar-refractivity contribution < 1.29 is 9.47 Å². The van der Waals surface area contributed by atoms with Gasteiger partial charge in [-0.25, -0.2) is 4.98 Å². The molecule has 0 atom stereocenters. The Bertz CT molecular complexity index is 804. The molecule has 1 N–H and O–H groups in total. The molecule has 0 spiro atoms. The SMILES string of the molecule is Brc1ccc(I)cc1-c1nc2cc3c(cc2[nH]1)OCCO3. The highest BCUT2D eigenvalue weighted by Gasteiger charge is 2.16. The van der Waals surface area contributed by atoms with E-state index in [9.17, 15) is 0 Å². The van der Waals surface area contributed by atoms with Crippen molar-refractivity contribution in [3.05, 3.63) is 38.4 Å². The van der Waals surface area contributed by atoms with Gasteiger partial charge in [0.2, 0.25) is 0 Å². The molecule has 0 saturated heterocycles. The number of nitrogens with one attached hydrogen (secondary N) is 1. The van der Waals surface area contributed by atoms with E-state index in [-0.39, 0.29) is 0 Å². The van der Waals surface area contributed by atoms with Crippen LogP contribution in [0.3, 0.4) is 0 Å². The molecule has 0 amide bonds. The van der Waals surface area contributed by atoms with Gasteiger partial charge in [0, 0.05) is 25.7 Å². The average Bonchev–Trinajstić information content (AvgIpc) is 2.89. The van der Waals surface area contributed by atoms with Gasteiger partial charge < -0.3 is 14.5 Å². The molecule has 3 aromatic rings. The Morgan fingerprint density at radius 3 is 2.67 bits per heavy atom.